The molecule has 0 radical (unpaired) electrons. The molecule has 9 heteroatoms. The molecule has 0 aromatic heterocycles. The van der Waals surface area contributed by atoms with Gasteiger partial charge in [-0.05, 0) is 56.4 Å². The summed E-state index contributed by atoms with van der Waals surface area (Å²) in [5.74, 6) is -1.58. The predicted molar refractivity (Wildman–Crippen MR) is 116 cm³/mol. The maximum atomic E-state index is 13.0. The molecule has 0 aromatic rings. The smallest absolute Gasteiger partial charge is 0.322 e. The Morgan fingerprint density at radius 3 is 2.45 bits per heavy atom. The summed E-state index contributed by atoms with van der Waals surface area (Å²) in [6.07, 6.45) is 3.38. The standard InChI is InChI=1S/C22H28N2O6S/c1-11-7-14-18(12(2)22(5-6-22)21(4,30)19(14)28)15(11)9-31-10-16(24-13(3)25)20(29)23-8-17(26)27/h7,16,30H,5-6,8-10H2,1-4H3,(H,23,29)(H,24,25)(H,26,27)/t16-,21+/m1/s1. The molecule has 8 nitrogen and oxygen atoms in total. The van der Waals surface area contributed by atoms with Crippen LogP contribution in [0.2, 0.25) is 0 Å². The molecule has 0 bridgehead atoms. The number of carbonyl (C=O) groups excluding carboxylic acids is 3. The van der Waals surface area contributed by atoms with Crippen molar-refractivity contribution in [3.8, 4) is 0 Å². The second-order valence-corrected chi connectivity index (χ2v) is 9.61. The normalized spacial score (nSPS) is 24.7. The number of nitrogens with one attached hydrogen (secondary N) is 2. The minimum atomic E-state index is -1.39. The van der Waals surface area contributed by atoms with Gasteiger partial charge in [-0.1, -0.05) is 5.57 Å². The number of amides is 2. The van der Waals surface area contributed by atoms with Crippen molar-refractivity contribution in [2.45, 2.75) is 52.2 Å². The van der Waals surface area contributed by atoms with Gasteiger partial charge in [0.1, 0.15) is 18.2 Å². The zero-order valence-electron chi connectivity index (χ0n) is 18.1. The molecule has 31 heavy (non-hydrogen) atoms. The molecule has 0 heterocycles. The lowest BCUT2D eigenvalue weighted by molar-refractivity contribution is -0.138. The molecule has 168 valence electrons. The van der Waals surface area contributed by atoms with Crippen LogP contribution in [0.25, 0.3) is 0 Å². The summed E-state index contributed by atoms with van der Waals surface area (Å²) in [6, 6.07) is -0.866. The van der Waals surface area contributed by atoms with E-state index in [0.717, 1.165) is 35.1 Å². The summed E-state index contributed by atoms with van der Waals surface area (Å²) in [5.41, 5.74) is 2.55. The Labute approximate surface area is 185 Å². The molecule has 2 atom stereocenters. The Morgan fingerprint density at radius 1 is 1.26 bits per heavy atom. The molecule has 1 saturated carbocycles. The summed E-state index contributed by atoms with van der Waals surface area (Å²) >= 11 is 1.42. The van der Waals surface area contributed by atoms with Gasteiger partial charge in [-0.2, -0.15) is 11.8 Å². The van der Waals surface area contributed by atoms with Gasteiger partial charge in [0.05, 0.1) is 0 Å². The highest BCUT2D eigenvalue weighted by molar-refractivity contribution is 7.99. The number of ketones is 1. The third kappa shape index (κ3) is 4.08. The lowest BCUT2D eigenvalue weighted by Gasteiger charge is -2.39. The largest absolute Gasteiger partial charge is 0.480 e. The summed E-state index contributed by atoms with van der Waals surface area (Å²) in [7, 11) is 0. The number of fused-ring (bicyclic) bond motifs is 1. The monoisotopic (exact) mass is 448 g/mol. The van der Waals surface area contributed by atoms with E-state index in [1.807, 2.05) is 19.9 Å². The van der Waals surface area contributed by atoms with Gasteiger partial charge in [0, 0.05) is 29.4 Å². The Hall–Kier alpha value is -2.39. The van der Waals surface area contributed by atoms with E-state index in [1.54, 1.807) is 6.92 Å². The zero-order valence-corrected chi connectivity index (χ0v) is 18.9. The Morgan fingerprint density at radius 2 is 1.90 bits per heavy atom. The summed E-state index contributed by atoms with van der Waals surface area (Å²) in [4.78, 5) is 47.4. The Kier molecular flexibility index (Phi) is 6.21. The van der Waals surface area contributed by atoms with Gasteiger partial charge >= 0.3 is 5.97 Å². The second-order valence-electron chi connectivity index (χ2n) is 8.58. The van der Waals surface area contributed by atoms with E-state index in [1.165, 1.54) is 18.7 Å². The van der Waals surface area contributed by atoms with Crippen LogP contribution in [-0.2, 0) is 19.2 Å². The average molecular weight is 449 g/mol. The number of aliphatic hydroxyl groups is 1. The highest BCUT2D eigenvalue weighted by Crippen LogP contribution is 2.65. The summed E-state index contributed by atoms with van der Waals surface area (Å²) < 4.78 is 0. The van der Waals surface area contributed by atoms with Crippen molar-refractivity contribution in [3.05, 3.63) is 33.9 Å². The van der Waals surface area contributed by atoms with Crippen LogP contribution in [0, 0.1) is 5.41 Å². The number of carboxylic acid groups (broad SMARTS) is 1. The molecule has 0 aliphatic heterocycles. The molecule has 0 saturated heterocycles. The van der Waals surface area contributed by atoms with Crippen molar-refractivity contribution in [2.24, 2.45) is 5.41 Å². The van der Waals surface area contributed by atoms with E-state index in [2.05, 4.69) is 10.6 Å². The van der Waals surface area contributed by atoms with Crippen LogP contribution in [0.3, 0.4) is 0 Å². The van der Waals surface area contributed by atoms with Gasteiger partial charge in [0.25, 0.3) is 0 Å². The lowest BCUT2D eigenvalue weighted by Crippen LogP contribution is -2.49. The molecular formula is C22H28N2O6S. The molecule has 1 fully saturated rings. The summed E-state index contributed by atoms with van der Waals surface area (Å²) in [5, 5.41) is 24.5. The van der Waals surface area contributed by atoms with Crippen molar-refractivity contribution in [2.75, 3.05) is 18.1 Å². The number of rotatable bonds is 8. The number of thioether (sulfide) groups is 1. The van der Waals surface area contributed by atoms with Crippen LogP contribution >= 0.6 is 11.8 Å². The molecule has 3 aliphatic carbocycles. The molecule has 2 amide bonds. The predicted octanol–water partition coefficient (Wildman–Crippen LogP) is 1.11. The fourth-order valence-electron chi connectivity index (χ4n) is 4.59. The minimum absolute atomic E-state index is 0.242. The Bertz CT molecular complexity index is 955. The van der Waals surface area contributed by atoms with Crippen LogP contribution in [0.1, 0.15) is 40.5 Å². The van der Waals surface area contributed by atoms with Gasteiger partial charge in [-0.3, -0.25) is 19.2 Å². The molecular weight excluding hydrogens is 420 g/mol. The Balaban J connectivity index is 1.74. The third-order valence-electron chi connectivity index (χ3n) is 6.51. The van der Waals surface area contributed by atoms with E-state index in [9.17, 15) is 24.3 Å². The summed E-state index contributed by atoms with van der Waals surface area (Å²) in [6.45, 7) is 6.30. The van der Waals surface area contributed by atoms with Gasteiger partial charge in [-0.25, -0.2) is 0 Å². The highest BCUT2D eigenvalue weighted by Gasteiger charge is 2.65. The minimum Gasteiger partial charge on any atom is -0.480 e. The maximum Gasteiger partial charge on any atom is 0.322 e. The van der Waals surface area contributed by atoms with Crippen LogP contribution in [0.4, 0.5) is 0 Å². The molecule has 1 spiro atoms. The number of aliphatic carboxylic acids is 1. The van der Waals surface area contributed by atoms with Crippen LogP contribution < -0.4 is 10.6 Å². The van der Waals surface area contributed by atoms with Crippen LogP contribution in [0.15, 0.2) is 33.9 Å². The van der Waals surface area contributed by atoms with E-state index < -0.39 is 35.5 Å². The molecule has 0 aromatic carbocycles. The zero-order chi connectivity index (χ0) is 23.1. The fraction of sp³-hybridized carbons (Fsp3) is 0.545. The first-order valence-corrected chi connectivity index (χ1v) is 11.3. The van der Waals surface area contributed by atoms with Gasteiger partial charge < -0.3 is 20.8 Å². The van der Waals surface area contributed by atoms with Gasteiger partial charge in [-0.15, -0.1) is 0 Å². The van der Waals surface area contributed by atoms with E-state index in [-0.39, 0.29) is 17.4 Å². The van der Waals surface area contributed by atoms with Gasteiger partial charge in [0.15, 0.2) is 5.78 Å². The van der Waals surface area contributed by atoms with E-state index >= 15 is 0 Å². The first kappa shape index (κ1) is 23.3. The van der Waals surface area contributed by atoms with Crippen molar-refractivity contribution in [1.29, 1.82) is 0 Å². The maximum absolute atomic E-state index is 13.0. The second kappa shape index (κ2) is 8.27. The third-order valence-corrected chi connectivity index (χ3v) is 7.57. The quantitative estimate of drug-likeness (QED) is 0.437. The SMILES string of the molecule is CC(=O)N[C@H](CSCC1=C(C)C=C2C(=O)[C@](C)(O)C3(CC3)C(C)=C21)C(=O)NCC(=O)O. The van der Waals surface area contributed by atoms with Crippen LogP contribution in [-0.4, -0.2) is 63.5 Å². The van der Waals surface area contributed by atoms with Crippen LogP contribution in [0.5, 0.6) is 0 Å². The lowest BCUT2D eigenvalue weighted by atomic mass is 9.67. The first-order valence-electron chi connectivity index (χ1n) is 10.2. The van der Waals surface area contributed by atoms with Crippen molar-refractivity contribution in [1.82, 2.24) is 10.6 Å². The average Bonchev–Trinajstić information content (AvgIpc) is 3.43. The van der Waals surface area contributed by atoms with Crippen molar-refractivity contribution < 1.29 is 29.4 Å². The number of carboxylic acids is 1. The molecule has 3 rings (SSSR count). The fourth-order valence-corrected chi connectivity index (χ4v) is 5.76. The van der Waals surface area contributed by atoms with Crippen molar-refractivity contribution >= 4 is 35.3 Å². The first-order chi connectivity index (χ1) is 14.4. The number of Topliss-reactive ketones (excluding diaryl/α,β-unsaturated/α-hetero) is 1. The van der Waals surface area contributed by atoms with E-state index in [0.29, 0.717) is 11.3 Å². The topological polar surface area (TPSA) is 133 Å². The number of hydrogen-bond donors (Lipinski definition) is 4. The number of hydrogen-bond acceptors (Lipinski definition) is 6. The van der Waals surface area contributed by atoms with E-state index in [4.69, 9.17) is 5.11 Å². The van der Waals surface area contributed by atoms with Gasteiger partial charge in [0.2, 0.25) is 11.8 Å². The molecule has 3 aliphatic rings. The molecule has 0 unspecified atom stereocenters. The highest BCUT2D eigenvalue weighted by atomic mass is 32.2. The number of carbonyl (C=O) groups is 4. The number of allylic oxidation sites excluding steroid dienone is 3. The molecule has 4 N–H and O–H groups in total. The van der Waals surface area contributed by atoms with Crippen molar-refractivity contribution in [3.63, 3.8) is 0 Å².